The normalized spacial score (nSPS) is 12.0. The maximum atomic E-state index is 13.5. The molecule has 0 saturated carbocycles. The minimum atomic E-state index is -0.622. The lowest BCUT2D eigenvalue weighted by Gasteiger charge is -2.19. The Morgan fingerprint density at radius 1 is 1.26 bits per heavy atom. The Morgan fingerprint density at radius 2 is 2.04 bits per heavy atom. The molecule has 0 fully saturated rings. The molecule has 0 aliphatic heterocycles. The highest BCUT2D eigenvalue weighted by Crippen LogP contribution is 2.25. The number of nitrogens with one attached hydrogen (secondary N) is 2. The predicted octanol–water partition coefficient (Wildman–Crippen LogP) is 3.82. The van der Waals surface area contributed by atoms with E-state index < -0.39 is 17.5 Å². The first kappa shape index (κ1) is 17.0. The molecule has 3 aromatic heterocycles. The highest BCUT2D eigenvalue weighted by molar-refractivity contribution is 6.09. The van der Waals surface area contributed by atoms with Gasteiger partial charge in [0.15, 0.2) is 0 Å². The van der Waals surface area contributed by atoms with Gasteiger partial charge in [0.1, 0.15) is 16.9 Å². The van der Waals surface area contributed by atoms with E-state index >= 15 is 0 Å². The highest BCUT2D eigenvalue weighted by Gasteiger charge is 2.18. The summed E-state index contributed by atoms with van der Waals surface area (Å²) in [5.41, 5.74) is 0.824. The van der Waals surface area contributed by atoms with E-state index in [1.54, 1.807) is 49.7 Å². The van der Waals surface area contributed by atoms with Crippen LogP contribution < -0.4 is 10.9 Å². The quantitative estimate of drug-likeness (QED) is 0.535. The van der Waals surface area contributed by atoms with Crippen LogP contribution in [0.4, 0.5) is 14.9 Å². The Morgan fingerprint density at radius 3 is 2.78 bits per heavy atom. The molecule has 0 radical (unpaired) electrons. The van der Waals surface area contributed by atoms with Crippen molar-refractivity contribution in [3.63, 3.8) is 0 Å². The number of anilines is 1. The molecule has 0 spiro atoms. The summed E-state index contributed by atoms with van der Waals surface area (Å²) in [6.45, 7) is 5.31. The molecule has 4 rings (SSSR count). The van der Waals surface area contributed by atoms with Gasteiger partial charge >= 0.3 is 6.09 Å². The second kappa shape index (κ2) is 5.80. The third-order valence-corrected chi connectivity index (χ3v) is 3.99. The van der Waals surface area contributed by atoms with Crippen molar-refractivity contribution < 1.29 is 13.9 Å². The van der Waals surface area contributed by atoms with Gasteiger partial charge in [-0.25, -0.2) is 13.7 Å². The monoisotopic (exact) mass is 368 g/mol. The van der Waals surface area contributed by atoms with Crippen LogP contribution in [0.25, 0.3) is 27.3 Å². The largest absolute Gasteiger partial charge is 0.444 e. The van der Waals surface area contributed by atoms with E-state index in [4.69, 9.17) is 4.74 Å². The lowest BCUT2D eigenvalue weighted by Crippen LogP contribution is -2.27. The number of carbonyl (C=O) groups excluding carboxylic acids is 1. The molecule has 0 saturated heterocycles. The molecule has 7 nitrogen and oxygen atoms in total. The third kappa shape index (κ3) is 3.10. The fourth-order valence-electron chi connectivity index (χ4n) is 2.97. The molecule has 2 N–H and O–H groups in total. The summed E-state index contributed by atoms with van der Waals surface area (Å²) in [6, 6.07) is 7.45. The Labute approximate surface area is 152 Å². The van der Waals surface area contributed by atoms with E-state index in [-0.39, 0.29) is 5.56 Å². The number of hydrogen-bond acceptors (Lipinski definition) is 4. The van der Waals surface area contributed by atoms with E-state index in [0.29, 0.717) is 33.0 Å². The molecule has 27 heavy (non-hydrogen) atoms. The number of pyridine rings is 2. The maximum Gasteiger partial charge on any atom is 0.412 e. The van der Waals surface area contributed by atoms with Crippen molar-refractivity contribution in [3.05, 3.63) is 52.7 Å². The van der Waals surface area contributed by atoms with Gasteiger partial charge in [0.2, 0.25) is 0 Å². The number of halogens is 1. The number of carbonyl (C=O) groups is 1. The molecule has 0 aliphatic rings. The van der Waals surface area contributed by atoms with Crippen molar-refractivity contribution >= 4 is 39.1 Å². The first-order valence-corrected chi connectivity index (χ1v) is 8.35. The molecule has 4 aromatic rings. The number of benzene rings is 1. The second-order valence-corrected chi connectivity index (χ2v) is 7.24. The van der Waals surface area contributed by atoms with Crippen LogP contribution in [0.1, 0.15) is 20.8 Å². The summed E-state index contributed by atoms with van der Waals surface area (Å²) in [5.74, 6) is -0.440. The number of hydrogen-bond donors (Lipinski definition) is 2. The van der Waals surface area contributed by atoms with Gasteiger partial charge in [-0.1, -0.05) is 0 Å². The molecule has 8 heteroatoms. The number of amides is 1. The van der Waals surface area contributed by atoms with Gasteiger partial charge < -0.3 is 9.72 Å². The summed E-state index contributed by atoms with van der Waals surface area (Å²) in [7, 11) is 0. The van der Waals surface area contributed by atoms with E-state index in [9.17, 15) is 14.0 Å². The van der Waals surface area contributed by atoms with Crippen molar-refractivity contribution in [1.82, 2.24) is 14.6 Å². The zero-order chi connectivity index (χ0) is 19.3. The summed E-state index contributed by atoms with van der Waals surface area (Å²) in [5, 5.41) is 8.09. The van der Waals surface area contributed by atoms with Gasteiger partial charge in [0.25, 0.3) is 5.56 Å². The van der Waals surface area contributed by atoms with Crippen molar-refractivity contribution in [3.8, 4) is 0 Å². The maximum absolute atomic E-state index is 13.5. The van der Waals surface area contributed by atoms with Crippen molar-refractivity contribution in [2.24, 2.45) is 0 Å². The van der Waals surface area contributed by atoms with Gasteiger partial charge in [0.05, 0.1) is 16.4 Å². The van der Waals surface area contributed by atoms with E-state index in [1.165, 1.54) is 12.1 Å². The fourth-order valence-corrected chi connectivity index (χ4v) is 2.97. The Bertz CT molecular complexity index is 1270. The van der Waals surface area contributed by atoms with E-state index in [1.807, 2.05) is 0 Å². The lowest BCUT2D eigenvalue weighted by molar-refractivity contribution is 0.0636. The van der Waals surface area contributed by atoms with Gasteiger partial charge in [-0.3, -0.25) is 10.1 Å². The minimum absolute atomic E-state index is 0.363. The summed E-state index contributed by atoms with van der Waals surface area (Å²) >= 11 is 0. The SMILES string of the molecule is CC(C)(C)OC(=O)Nc1ccn2nc3c4ccc(F)cc4[nH]c(=O)c3c2c1. The molecule has 0 unspecified atom stereocenters. The number of H-pyrrole nitrogens is 1. The average molecular weight is 368 g/mol. The molecular weight excluding hydrogens is 351 g/mol. The van der Waals surface area contributed by atoms with Crippen LogP contribution in [-0.4, -0.2) is 26.3 Å². The predicted molar refractivity (Wildman–Crippen MR) is 101 cm³/mol. The smallest absolute Gasteiger partial charge is 0.412 e. The Hall–Kier alpha value is -3.42. The molecule has 0 atom stereocenters. The van der Waals surface area contributed by atoms with Crippen molar-refractivity contribution in [2.45, 2.75) is 26.4 Å². The number of nitrogens with zero attached hydrogens (tertiary/aromatic N) is 2. The fraction of sp³-hybridized carbons (Fsp3) is 0.211. The molecule has 0 bridgehead atoms. The van der Waals surface area contributed by atoms with Crippen LogP contribution >= 0.6 is 0 Å². The van der Waals surface area contributed by atoms with Crippen molar-refractivity contribution in [1.29, 1.82) is 0 Å². The van der Waals surface area contributed by atoms with Gasteiger partial charge in [-0.05, 0) is 51.1 Å². The van der Waals surface area contributed by atoms with Crippen molar-refractivity contribution in [2.75, 3.05) is 5.32 Å². The number of aromatic nitrogens is 3. The van der Waals surface area contributed by atoms with Crippen LogP contribution in [0.5, 0.6) is 0 Å². The van der Waals surface area contributed by atoms with Crippen LogP contribution in [0.15, 0.2) is 41.3 Å². The molecular formula is C19H17FN4O3. The first-order valence-electron chi connectivity index (χ1n) is 8.35. The standard InChI is InChI=1S/C19H17FN4O3/c1-19(2,3)27-18(26)21-11-6-7-24-14(9-11)15-16(23-24)12-5-4-10(20)8-13(12)22-17(15)25/h4-9H,1-3H3,(H,21,26)(H,22,25). The van der Waals surface area contributed by atoms with Crippen LogP contribution in [-0.2, 0) is 4.74 Å². The Balaban J connectivity index is 1.86. The summed E-state index contributed by atoms with van der Waals surface area (Å²) in [6.07, 6.45) is 1.04. The molecule has 138 valence electrons. The summed E-state index contributed by atoms with van der Waals surface area (Å²) < 4.78 is 20.2. The molecule has 1 aromatic carbocycles. The topological polar surface area (TPSA) is 88.5 Å². The number of aromatic amines is 1. The molecule has 0 aliphatic carbocycles. The number of rotatable bonds is 1. The first-order chi connectivity index (χ1) is 12.7. The van der Waals surface area contributed by atoms with E-state index in [0.717, 1.165) is 0 Å². The third-order valence-electron chi connectivity index (χ3n) is 3.99. The Kier molecular flexibility index (Phi) is 3.66. The lowest BCUT2D eigenvalue weighted by atomic mass is 10.1. The van der Waals surface area contributed by atoms with Gasteiger partial charge in [-0.15, -0.1) is 0 Å². The van der Waals surface area contributed by atoms with Crippen LogP contribution in [0.3, 0.4) is 0 Å². The second-order valence-electron chi connectivity index (χ2n) is 7.24. The van der Waals surface area contributed by atoms with Crippen LogP contribution in [0.2, 0.25) is 0 Å². The summed E-state index contributed by atoms with van der Waals surface area (Å²) in [4.78, 5) is 27.2. The number of ether oxygens (including phenoxy) is 1. The molecule has 3 heterocycles. The highest BCUT2D eigenvalue weighted by atomic mass is 19.1. The minimum Gasteiger partial charge on any atom is -0.444 e. The van der Waals surface area contributed by atoms with Gasteiger partial charge in [-0.2, -0.15) is 5.10 Å². The van der Waals surface area contributed by atoms with Crippen LogP contribution in [0, 0.1) is 5.82 Å². The van der Waals surface area contributed by atoms with Gasteiger partial charge in [0, 0.05) is 17.3 Å². The average Bonchev–Trinajstić information content (AvgIpc) is 2.92. The number of fused-ring (bicyclic) bond motifs is 5. The zero-order valence-corrected chi connectivity index (χ0v) is 15.0. The zero-order valence-electron chi connectivity index (χ0n) is 15.0. The van der Waals surface area contributed by atoms with E-state index in [2.05, 4.69) is 15.4 Å². The molecule has 1 amide bonds.